The number of rotatable bonds is 3. The fourth-order valence-electron chi connectivity index (χ4n) is 1.60. The minimum absolute atomic E-state index is 0.0738. The van der Waals surface area contributed by atoms with Crippen LogP contribution in [0.3, 0.4) is 0 Å². The van der Waals surface area contributed by atoms with Gasteiger partial charge < -0.3 is 5.73 Å². The zero-order valence-corrected chi connectivity index (χ0v) is 13.2. The Morgan fingerprint density at radius 2 is 2.15 bits per heavy atom. The van der Waals surface area contributed by atoms with Crippen LogP contribution in [0.4, 0.5) is 10.9 Å². The van der Waals surface area contributed by atoms with Crippen LogP contribution < -0.4 is 11.2 Å². The number of hydrazone groups is 1. The first-order valence-electron chi connectivity index (χ1n) is 6.16. The first-order valence-corrected chi connectivity index (χ1v) is 7.42. The molecule has 6 heteroatoms. The second-order valence-corrected chi connectivity index (χ2v) is 6.70. The van der Waals surface area contributed by atoms with E-state index in [9.17, 15) is 0 Å². The summed E-state index contributed by atoms with van der Waals surface area (Å²) >= 11 is 7.58. The molecule has 0 atom stereocenters. The topological polar surface area (TPSA) is 63.3 Å². The number of thiazole rings is 1. The summed E-state index contributed by atoms with van der Waals surface area (Å²) in [4.78, 5) is 4.06. The summed E-state index contributed by atoms with van der Waals surface area (Å²) in [5, 5.41) is 7.22. The summed E-state index contributed by atoms with van der Waals surface area (Å²) in [6, 6.07) is 5.98. The van der Waals surface area contributed by atoms with E-state index in [1.54, 1.807) is 11.6 Å². The fraction of sp³-hybridized carbons (Fsp3) is 0.286. The van der Waals surface area contributed by atoms with Crippen LogP contribution in [0.25, 0.3) is 0 Å². The minimum Gasteiger partial charge on any atom is -0.383 e. The SMILES string of the molecule is CC(C)(C)c1ccc(Cl)c(C=NNc2nc(N)cs2)c1. The molecule has 1 aromatic heterocycles. The van der Waals surface area contributed by atoms with Crippen LogP contribution in [0.15, 0.2) is 28.7 Å². The summed E-state index contributed by atoms with van der Waals surface area (Å²) in [5.41, 5.74) is 10.5. The van der Waals surface area contributed by atoms with Crippen LogP contribution in [-0.4, -0.2) is 11.2 Å². The van der Waals surface area contributed by atoms with Crippen molar-refractivity contribution in [2.75, 3.05) is 11.2 Å². The lowest BCUT2D eigenvalue weighted by molar-refractivity contribution is 0.590. The lowest BCUT2D eigenvalue weighted by Gasteiger charge is -2.19. The van der Waals surface area contributed by atoms with E-state index >= 15 is 0 Å². The van der Waals surface area contributed by atoms with Crippen LogP contribution in [0, 0.1) is 0 Å². The van der Waals surface area contributed by atoms with Gasteiger partial charge in [0.05, 0.1) is 6.21 Å². The monoisotopic (exact) mass is 308 g/mol. The van der Waals surface area contributed by atoms with Crippen molar-refractivity contribution in [2.45, 2.75) is 26.2 Å². The molecule has 20 heavy (non-hydrogen) atoms. The van der Waals surface area contributed by atoms with Crippen molar-refractivity contribution >= 4 is 40.1 Å². The van der Waals surface area contributed by atoms with Gasteiger partial charge in [-0.25, -0.2) is 4.98 Å². The van der Waals surface area contributed by atoms with Gasteiger partial charge in [-0.05, 0) is 23.1 Å². The van der Waals surface area contributed by atoms with Gasteiger partial charge in [-0.3, -0.25) is 5.43 Å². The number of nitrogen functional groups attached to an aromatic ring is 1. The third-order valence-electron chi connectivity index (χ3n) is 2.75. The van der Waals surface area contributed by atoms with Gasteiger partial charge in [-0.2, -0.15) is 5.10 Å². The number of halogens is 1. The van der Waals surface area contributed by atoms with Crippen molar-refractivity contribution in [3.63, 3.8) is 0 Å². The molecule has 0 aliphatic carbocycles. The molecule has 0 fully saturated rings. The highest BCUT2D eigenvalue weighted by molar-refractivity contribution is 7.14. The predicted octanol–water partition coefficient (Wildman–Crippen LogP) is 4.12. The maximum Gasteiger partial charge on any atom is 0.205 e. The maximum atomic E-state index is 6.18. The second-order valence-electron chi connectivity index (χ2n) is 5.43. The average Bonchev–Trinajstić information content (AvgIpc) is 2.76. The molecule has 2 aromatic rings. The van der Waals surface area contributed by atoms with E-state index in [0.717, 1.165) is 5.56 Å². The molecule has 0 saturated carbocycles. The Kier molecular flexibility index (Phi) is 4.30. The van der Waals surface area contributed by atoms with Crippen LogP contribution >= 0.6 is 22.9 Å². The zero-order valence-electron chi connectivity index (χ0n) is 11.6. The number of nitrogens with one attached hydrogen (secondary N) is 1. The van der Waals surface area contributed by atoms with Gasteiger partial charge in [0, 0.05) is 16.0 Å². The summed E-state index contributed by atoms with van der Waals surface area (Å²) < 4.78 is 0. The summed E-state index contributed by atoms with van der Waals surface area (Å²) in [6.45, 7) is 6.48. The van der Waals surface area contributed by atoms with E-state index in [-0.39, 0.29) is 5.41 Å². The Morgan fingerprint density at radius 3 is 2.75 bits per heavy atom. The Hall–Kier alpha value is -1.59. The molecule has 4 nitrogen and oxygen atoms in total. The summed E-state index contributed by atoms with van der Waals surface area (Å²) in [5.74, 6) is 0.487. The van der Waals surface area contributed by atoms with Crippen LogP contribution in [-0.2, 0) is 5.41 Å². The van der Waals surface area contributed by atoms with Crippen molar-refractivity contribution in [2.24, 2.45) is 5.10 Å². The highest BCUT2D eigenvalue weighted by Crippen LogP contribution is 2.26. The van der Waals surface area contributed by atoms with Gasteiger partial charge in [-0.1, -0.05) is 38.4 Å². The molecule has 0 saturated heterocycles. The number of anilines is 2. The largest absolute Gasteiger partial charge is 0.383 e. The number of aromatic nitrogens is 1. The van der Waals surface area contributed by atoms with Crippen LogP contribution in [0.2, 0.25) is 5.02 Å². The Labute approximate surface area is 127 Å². The normalized spacial score (nSPS) is 12.0. The molecule has 0 aliphatic rings. The minimum atomic E-state index is 0.0738. The van der Waals surface area contributed by atoms with Gasteiger partial charge in [0.1, 0.15) is 5.82 Å². The molecule has 0 unspecified atom stereocenters. The van der Waals surface area contributed by atoms with E-state index in [1.165, 1.54) is 16.9 Å². The summed E-state index contributed by atoms with van der Waals surface area (Å²) in [7, 11) is 0. The van der Waals surface area contributed by atoms with Crippen LogP contribution in [0.5, 0.6) is 0 Å². The Morgan fingerprint density at radius 1 is 1.40 bits per heavy atom. The molecule has 0 bridgehead atoms. The molecule has 106 valence electrons. The Balaban J connectivity index is 2.16. The molecular formula is C14H17ClN4S. The molecular weight excluding hydrogens is 292 g/mol. The van der Waals surface area contributed by atoms with E-state index < -0.39 is 0 Å². The van der Waals surface area contributed by atoms with E-state index in [4.69, 9.17) is 17.3 Å². The maximum absolute atomic E-state index is 6.18. The standard InChI is InChI=1S/C14H17ClN4S/c1-14(2,3)10-4-5-11(15)9(6-10)7-17-19-13-18-12(16)8-20-13/h4-8H,16H2,1-3H3,(H,18,19). The third kappa shape index (κ3) is 3.71. The quantitative estimate of drug-likeness (QED) is 0.662. The highest BCUT2D eigenvalue weighted by Gasteiger charge is 2.14. The molecule has 0 spiro atoms. The molecule has 0 amide bonds. The first-order chi connectivity index (χ1) is 9.36. The summed E-state index contributed by atoms with van der Waals surface area (Å²) in [6.07, 6.45) is 1.69. The van der Waals surface area contributed by atoms with E-state index in [1.807, 2.05) is 18.2 Å². The number of nitrogens with zero attached hydrogens (tertiary/aromatic N) is 2. The lowest BCUT2D eigenvalue weighted by Crippen LogP contribution is -2.11. The van der Waals surface area contributed by atoms with E-state index in [0.29, 0.717) is 16.0 Å². The number of benzene rings is 1. The average molecular weight is 309 g/mol. The van der Waals surface area contributed by atoms with Gasteiger partial charge >= 0.3 is 0 Å². The molecule has 2 rings (SSSR count). The van der Waals surface area contributed by atoms with E-state index in [2.05, 4.69) is 36.3 Å². The van der Waals surface area contributed by atoms with Gasteiger partial charge in [-0.15, -0.1) is 11.3 Å². The molecule has 1 heterocycles. The smallest absolute Gasteiger partial charge is 0.205 e. The highest BCUT2D eigenvalue weighted by atomic mass is 35.5. The fourth-order valence-corrected chi connectivity index (χ4v) is 2.32. The zero-order chi connectivity index (χ0) is 14.8. The van der Waals surface area contributed by atoms with Crippen molar-refractivity contribution in [1.29, 1.82) is 0 Å². The van der Waals surface area contributed by atoms with Gasteiger partial charge in [0.15, 0.2) is 0 Å². The Bertz CT molecular complexity index is 628. The van der Waals surface area contributed by atoms with Crippen molar-refractivity contribution in [3.8, 4) is 0 Å². The number of hydrogen-bond donors (Lipinski definition) is 2. The molecule has 0 radical (unpaired) electrons. The van der Waals surface area contributed by atoms with Crippen molar-refractivity contribution in [3.05, 3.63) is 39.7 Å². The number of nitrogens with two attached hydrogens (primary N) is 1. The molecule has 3 N–H and O–H groups in total. The van der Waals surface area contributed by atoms with Crippen molar-refractivity contribution < 1.29 is 0 Å². The lowest BCUT2D eigenvalue weighted by atomic mass is 9.86. The molecule has 0 aliphatic heterocycles. The van der Waals surface area contributed by atoms with Crippen LogP contribution in [0.1, 0.15) is 31.9 Å². The first kappa shape index (κ1) is 14.8. The van der Waals surface area contributed by atoms with Gasteiger partial charge in [0.2, 0.25) is 5.13 Å². The third-order valence-corrected chi connectivity index (χ3v) is 3.86. The number of hydrogen-bond acceptors (Lipinski definition) is 5. The van der Waals surface area contributed by atoms with Crippen molar-refractivity contribution in [1.82, 2.24) is 4.98 Å². The van der Waals surface area contributed by atoms with Gasteiger partial charge in [0.25, 0.3) is 0 Å². The molecule has 1 aromatic carbocycles. The predicted molar refractivity (Wildman–Crippen MR) is 87.9 cm³/mol. The second kappa shape index (κ2) is 5.81.